The number of hydrogen-bond donors (Lipinski definition) is 3. The molecule has 2 fully saturated rings. The molecule has 3 N–H and O–H groups in total. The zero-order chi connectivity index (χ0) is 16.2. The normalized spacial score (nSPS) is 33.8. The summed E-state index contributed by atoms with van der Waals surface area (Å²) in [5, 5.41) is 22.0. The monoisotopic (exact) mass is 349 g/mol. The maximum absolute atomic E-state index is 12.2. The van der Waals surface area contributed by atoms with E-state index in [0.717, 1.165) is 0 Å². The number of aliphatic hydroxyl groups excluding tert-OH is 1. The van der Waals surface area contributed by atoms with Crippen molar-refractivity contribution in [1.82, 2.24) is 10.2 Å². The maximum Gasteiger partial charge on any atom is 0.353 e. The molecule has 5 atom stereocenters. The first-order valence-corrected chi connectivity index (χ1v) is 8.12. The Kier molecular flexibility index (Phi) is 5.52. The molecule has 0 aromatic carbocycles. The molecule has 0 aromatic rings. The fourth-order valence-corrected chi connectivity index (χ4v) is 4.93. The number of nitrogens with one attached hydrogen (secondary N) is 1. The van der Waals surface area contributed by atoms with Crippen LogP contribution in [0.4, 0.5) is 0 Å². The third kappa shape index (κ3) is 2.95. The Balaban J connectivity index is 0.00000192. The van der Waals surface area contributed by atoms with Gasteiger partial charge >= 0.3 is 5.97 Å². The van der Waals surface area contributed by atoms with Crippen LogP contribution in [0.25, 0.3) is 0 Å². The summed E-state index contributed by atoms with van der Waals surface area (Å²) < 4.78 is 0. The minimum Gasteiger partial charge on any atom is -0.477 e. The molecule has 2 saturated heterocycles. The number of rotatable bonds is 4. The Morgan fingerprint density at radius 3 is 2.57 bits per heavy atom. The van der Waals surface area contributed by atoms with Crippen LogP contribution in [0.15, 0.2) is 10.6 Å². The molecular formula is C14H18N2NaO5S. The maximum atomic E-state index is 12.2. The molecule has 3 rings (SSSR count). The van der Waals surface area contributed by atoms with E-state index in [0.29, 0.717) is 17.9 Å². The molecule has 2 amide bonds. The Labute approximate surface area is 160 Å². The van der Waals surface area contributed by atoms with Gasteiger partial charge in [-0.2, -0.15) is 0 Å². The number of β-lactam (4-membered cyclic amide) rings is 1. The molecule has 0 aromatic heterocycles. The fraction of sp³-hybridized carbons (Fsp3) is 0.643. The van der Waals surface area contributed by atoms with Crippen molar-refractivity contribution < 1.29 is 24.6 Å². The van der Waals surface area contributed by atoms with Gasteiger partial charge in [0.1, 0.15) is 5.70 Å². The van der Waals surface area contributed by atoms with Crippen LogP contribution in [0.1, 0.15) is 20.3 Å². The number of hydrogen-bond acceptors (Lipinski definition) is 5. The van der Waals surface area contributed by atoms with Gasteiger partial charge in [-0.25, -0.2) is 4.79 Å². The number of carboxylic acids is 1. The van der Waals surface area contributed by atoms with Crippen molar-refractivity contribution in [3.8, 4) is 0 Å². The second kappa shape index (κ2) is 6.76. The first-order valence-electron chi connectivity index (χ1n) is 7.25. The van der Waals surface area contributed by atoms with E-state index in [4.69, 9.17) is 0 Å². The van der Waals surface area contributed by atoms with Gasteiger partial charge in [0.15, 0.2) is 0 Å². The summed E-state index contributed by atoms with van der Waals surface area (Å²) in [5.41, 5.74) is 0.0174. The summed E-state index contributed by atoms with van der Waals surface area (Å²) in [4.78, 5) is 37.0. The third-order valence-electron chi connectivity index (χ3n) is 4.54. The number of aliphatic carboxylic acids is 1. The van der Waals surface area contributed by atoms with Crippen molar-refractivity contribution in [3.63, 3.8) is 0 Å². The molecule has 0 bridgehead atoms. The van der Waals surface area contributed by atoms with Gasteiger partial charge in [-0.05, 0) is 6.92 Å². The molecular weight excluding hydrogens is 331 g/mol. The van der Waals surface area contributed by atoms with Gasteiger partial charge in [0.25, 0.3) is 0 Å². The second-order valence-electron chi connectivity index (χ2n) is 6.02. The van der Waals surface area contributed by atoms with E-state index in [-0.39, 0.29) is 64.3 Å². The van der Waals surface area contributed by atoms with Crippen molar-refractivity contribution in [3.05, 3.63) is 10.6 Å². The number of aliphatic hydroxyl groups is 1. The summed E-state index contributed by atoms with van der Waals surface area (Å²) in [6.07, 6.45) is -0.447. The van der Waals surface area contributed by atoms with Crippen molar-refractivity contribution in [2.45, 2.75) is 37.7 Å². The van der Waals surface area contributed by atoms with E-state index in [1.54, 1.807) is 6.92 Å². The van der Waals surface area contributed by atoms with E-state index < -0.39 is 18.0 Å². The van der Waals surface area contributed by atoms with Crippen LogP contribution < -0.4 is 5.32 Å². The van der Waals surface area contributed by atoms with Gasteiger partial charge in [-0.3, -0.25) is 9.59 Å². The summed E-state index contributed by atoms with van der Waals surface area (Å²) >= 11 is 1.37. The van der Waals surface area contributed by atoms with Crippen LogP contribution >= 0.6 is 11.8 Å². The van der Waals surface area contributed by atoms with Crippen LogP contribution in [0.5, 0.6) is 0 Å². The van der Waals surface area contributed by atoms with E-state index in [1.807, 2.05) is 6.92 Å². The number of nitrogens with zero attached hydrogens (tertiary/aromatic N) is 1. The van der Waals surface area contributed by atoms with Crippen LogP contribution in [-0.2, 0) is 14.4 Å². The number of carboxylic acid groups (broad SMARTS) is 1. The molecule has 0 unspecified atom stereocenters. The number of fused-ring (bicyclic) bond motifs is 1. The molecule has 121 valence electrons. The summed E-state index contributed by atoms with van der Waals surface area (Å²) in [5.74, 6) is -2.20. The van der Waals surface area contributed by atoms with E-state index >= 15 is 0 Å². The Morgan fingerprint density at radius 1 is 1.43 bits per heavy atom. The Hall–Kier alpha value is -0.540. The molecule has 0 spiro atoms. The smallest absolute Gasteiger partial charge is 0.353 e. The average Bonchev–Trinajstić information content (AvgIpc) is 2.92. The molecule has 0 aliphatic carbocycles. The van der Waals surface area contributed by atoms with Crippen molar-refractivity contribution in [2.24, 2.45) is 11.8 Å². The quantitative estimate of drug-likeness (QED) is 0.461. The van der Waals surface area contributed by atoms with Gasteiger partial charge in [0.2, 0.25) is 11.8 Å². The summed E-state index contributed by atoms with van der Waals surface area (Å²) in [6.45, 7) is 3.94. The molecule has 9 heteroatoms. The van der Waals surface area contributed by atoms with Gasteiger partial charge in [0.05, 0.1) is 18.1 Å². The molecule has 3 aliphatic heterocycles. The second-order valence-corrected chi connectivity index (χ2v) is 7.36. The molecule has 3 aliphatic rings. The van der Waals surface area contributed by atoms with Crippen LogP contribution in [0.3, 0.4) is 0 Å². The van der Waals surface area contributed by atoms with Crippen molar-refractivity contribution in [2.75, 3.05) is 6.54 Å². The third-order valence-corrected chi connectivity index (χ3v) is 6.03. The van der Waals surface area contributed by atoms with Gasteiger partial charge in [-0.1, -0.05) is 6.92 Å². The summed E-state index contributed by atoms with van der Waals surface area (Å²) in [6, 6.07) is -0.300. The molecule has 7 nitrogen and oxygen atoms in total. The van der Waals surface area contributed by atoms with E-state index in [1.165, 1.54) is 16.7 Å². The van der Waals surface area contributed by atoms with E-state index in [9.17, 15) is 24.6 Å². The molecule has 23 heavy (non-hydrogen) atoms. The van der Waals surface area contributed by atoms with E-state index in [2.05, 4.69) is 5.32 Å². The topological polar surface area (TPSA) is 107 Å². The first-order chi connectivity index (χ1) is 10.3. The van der Waals surface area contributed by atoms with Crippen LogP contribution in [-0.4, -0.2) is 86.4 Å². The van der Waals surface area contributed by atoms with Crippen LogP contribution in [0, 0.1) is 11.8 Å². The number of carbonyl (C=O) groups excluding carboxylic acids is 2. The summed E-state index contributed by atoms with van der Waals surface area (Å²) in [7, 11) is 0. The zero-order valence-electron chi connectivity index (χ0n) is 13.3. The minimum absolute atomic E-state index is 0. The van der Waals surface area contributed by atoms with Crippen molar-refractivity contribution >= 4 is 59.1 Å². The predicted molar refractivity (Wildman–Crippen MR) is 84.4 cm³/mol. The number of carbonyl (C=O) groups is 3. The number of amides is 2. The number of thioether (sulfide) groups is 1. The Morgan fingerprint density at radius 2 is 2.09 bits per heavy atom. The van der Waals surface area contributed by atoms with Gasteiger partial charge in [-0.15, -0.1) is 11.8 Å². The largest absolute Gasteiger partial charge is 0.477 e. The zero-order valence-corrected chi connectivity index (χ0v) is 16.1. The van der Waals surface area contributed by atoms with Crippen molar-refractivity contribution in [1.29, 1.82) is 0 Å². The molecule has 1 radical (unpaired) electrons. The average molecular weight is 349 g/mol. The first kappa shape index (κ1) is 18.8. The fourth-order valence-electron chi connectivity index (χ4n) is 3.52. The predicted octanol–water partition coefficient (Wildman–Crippen LogP) is -0.619. The van der Waals surface area contributed by atoms with Gasteiger partial charge < -0.3 is 20.4 Å². The minimum atomic E-state index is -1.13. The molecule has 3 heterocycles. The SMILES string of the molecule is C[C@@H](O)[C@H]1C(=O)N2C(C(=O)O)=C(S[C@H]3CNC(=O)C3)[C@H](C)[C@H]12.[Na]. The van der Waals surface area contributed by atoms with Gasteiger partial charge in [0, 0.05) is 58.6 Å². The molecule has 0 saturated carbocycles. The van der Waals surface area contributed by atoms with Crippen LogP contribution in [0.2, 0.25) is 0 Å². The standard InChI is InChI=1S/C14H18N2O5S.Na/c1-5-10-9(6(2)17)13(19)16(10)11(14(20)21)12(5)22-7-3-8(18)15-4-7;/h5-7,9-10,17H,3-4H2,1-2H3,(H,15,18)(H,20,21);/t5-,6-,7-,9-,10-;/m1./s1. The Bertz CT molecular complexity index is 594.